The first kappa shape index (κ1) is 30.8. The topological polar surface area (TPSA) is 121 Å². The molecule has 1 saturated carbocycles. The zero-order chi connectivity index (χ0) is 32.4. The molecule has 2 N–H and O–H groups in total. The maximum atomic E-state index is 14.0. The lowest BCUT2D eigenvalue weighted by atomic mass is 9.96. The van der Waals surface area contributed by atoms with Crippen molar-refractivity contribution in [1.29, 1.82) is 5.26 Å². The molecule has 0 aliphatic heterocycles. The van der Waals surface area contributed by atoms with Gasteiger partial charge in [0.1, 0.15) is 11.8 Å². The Hall–Kier alpha value is -4.22. The Morgan fingerprint density at radius 3 is 2.62 bits per heavy atom. The second-order valence-corrected chi connectivity index (χ2v) is 16.0. The number of alkyl halides is 3. The van der Waals surface area contributed by atoms with E-state index in [1.807, 2.05) is 18.2 Å². The molecule has 0 spiro atoms. The quantitative estimate of drug-likeness (QED) is 0.177. The van der Waals surface area contributed by atoms with E-state index in [0.29, 0.717) is 39.3 Å². The molecular formula is C31H31F3N8OS2. The monoisotopic (exact) mass is 652 g/mol. The lowest BCUT2D eigenvalue weighted by Gasteiger charge is -2.23. The molecule has 234 valence electrons. The number of benzene rings is 2. The zero-order valence-corrected chi connectivity index (χ0v) is 26.7. The molecule has 0 amide bonds. The summed E-state index contributed by atoms with van der Waals surface area (Å²) in [5, 5.41) is 25.5. The number of thiazole rings is 1. The highest BCUT2D eigenvalue weighted by Crippen LogP contribution is 2.55. The van der Waals surface area contributed by atoms with Crippen LogP contribution in [0, 0.1) is 16.7 Å². The number of aromatic nitrogens is 5. The molecule has 0 saturated heterocycles. The van der Waals surface area contributed by atoms with E-state index in [2.05, 4.69) is 63.6 Å². The summed E-state index contributed by atoms with van der Waals surface area (Å²) in [7, 11) is -2.82. The minimum atomic E-state index is -4.47. The minimum absolute atomic E-state index is 0.0667. The van der Waals surface area contributed by atoms with E-state index in [0.717, 1.165) is 20.5 Å². The summed E-state index contributed by atoms with van der Waals surface area (Å²) in [6.45, 7) is 6.72. The van der Waals surface area contributed by atoms with Crippen molar-refractivity contribution in [2.24, 2.45) is 5.41 Å². The molecule has 5 aromatic rings. The summed E-state index contributed by atoms with van der Waals surface area (Å²) in [6, 6.07) is 10.5. The van der Waals surface area contributed by atoms with Crippen molar-refractivity contribution in [2.45, 2.75) is 56.3 Å². The summed E-state index contributed by atoms with van der Waals surface area (Å²) in [4.78, 5) is 9.29. The van der Waals surface area contributed by atoms with Crippen LogP contribution in [-0.4, -0.2) is 54.0 Å². The van der Waals surface area contributed by atoms with Crippen molar-refractivity contribution >= 4 is 59.2 Å². The van der Waals surface area contributed by atoms with Crippen LogP contribution in [0.15, 0.2) is 53.1 Å². The van der Waals surface area contributed by atoms with Crippen LogP contribution in [0.4, 0.5) is 24.5 Å². The summed E-state index contributed by atoms with van der Waals surface area (Å²) >= 11 is 1.40. The van der Waals surface area contributed by atoms with E-state index in [1.165, 1.54) is 30.0 Å². The smallest absolute Gasteiger partial charge is 0.383 e. The highest BCUT2D eigenvalue weighted by Gasteiger charge is 2.66. The van der Waals surface area contributed by atoms with Gasteiger partial charge in [0.15, 0.2) is 5.54 Å². The van der Waals surface area contributed by atoms with Crippen molar-refractivity contribution < 1.29 is 17.4 Å². The van der Waals surface area contributed by atoms with Crippen LogP contribution in [0.5, 0.6) is 0 Å². The van der Waals surface area contributed by atoms with Gasteiger partial charge in [0.05, 0.1) is 49.6 Å². The molecule has 3 heterocycles. The molecule has 3 aromatic heterocycles. The van der Waals surface area contributed by atoms with Crippen molar-refractivity contribution in [3.63, 3.8) is 0 Å². The minimum Gasteiger partial charge on any atom is -0.383 e. The number of fused-ring (bicyclic) bond motifs is 2. The van der Waals surface area contributed by atoms with Gasteiger partial charge in [-0.05, 0) is 57.4 Å². The number of anilines is 2. The van der Waals surface area contributed by atoms with Gasteiger partial charge < -0.3 is 10.6 Å². The lowest BCUT2D eigenvalue weighted by molar-refractivity contribution is -0.182. The highest BCUT2D eigenvalue weighted by atomic mass is 32.2. The molecule has 6 rings (SSSR count). The van der Waals surface area contributed by atoms with E-state index in [-0.39, 0.29) is 24.0 Å². The van der Waals surface area contributed by atoms with Crippen LogP contribution in [0.25, 0.3) is 21.1 Å². The first-order valence-corrected chi connectivity index (χ1v) is 17.1. The van der Waals surface area contributed by atoms with Crippen LogP contribution in [0.3, 0.4) is 0 Å². The molecule has 0 radical (unpaired) electrons. The molecule has 45 heavy (non-hydrogen) atoms. The number of rotatable bonds is 8. The Labute approximate surface area is 262 Å². The fourth-order valence-electron chi connectivity index (χ4n) is 5.30. The fraction of sp³-hybridized carbons (Fsp3) is 0.355. The Balaban J connectivity index is 1.54. The van der Waals surface area contributed by atoms with Crippen molar-refractivity contribution in [2.75, 3.05) is 23.4 Å². The first-order valence-electron chi connectivity index (χ1n) is 14.1. The molecule has 1 unspecified atom stereocenters. The SMILES string of the molecule is C=S(C)(=O)c1cc(N[C@H](c2cn(C3(C(F)(F)F)CC3)nn2)c2cccc3ncsc23)cc2c(NCC(C)(C)C)c(C#N)cnc12. The zero-order valence-electron chi connectivity index (χ0n) is 25.1. The Bertz CT molecular complexity index is 2080. The van der Waals surface area contributed by atoms with Gasteiger partial charge >= 0.3 is 6.18 Å². The summed E-state index contributed by atoms with van der Waals surface area (Å²) in [5.41, 5.74) is 3.05. The molecule has 14 heteroatoms. The normalized spacial score (nSPS) is 16.7. The highest BCUT2D eigenvalue weighted by molar-refractivity contribution is 7.99. The van der Waals surface area contributed by atoms with Crippen LogP contribution in [0.2, 0.25) is 0 Å². The van der Waals surface area contributed by atoms with Gasteiger partial charge in [-0.15, -0.1) is 16.4 Å². The second-order valence-electron chi connectivity index (χ2n) is 12.7. The molecule has 2 aromatic carbocycles. The average Bonchev–Trinajstić information content (AvgIpc) is 3.40. The first-order chi connectivity index (χ1) is 21.1. The van der Waals surface area contributed by atoms with Crippen LogP contribution < -0.4 is 10.6 Å². The molecule has 2 atom stereocenters. The number of hydrogen-bond donors (Lipinski definition) is 2. The van der Waals surface area contributed by atoms with E-state index in [9.17, 15) is 22.6 Å². The van der Waals surface area contributed by atoms with Gasteiger partial charge in [-0.25, -0.2) is 9.67 Å². The van der Waals surface area contributed by atoms with Crippen LogP contribution >= 0.6 is 11.3 Å². The number of nitriles is 1. The molecule has 1 fully saturated rings. The molecular weight excluding hydrogens is 622 g/mol. The predicted molar refractivity (Wildman–Crippen MR) is 172 cm³/mol. The fourth-order valence-corrected chi connectivity index (χ4v) is 7.09. The number of nitrogens with zero attached hydrogens (tertiary/aromatic N) is 6. The van der Waals surface area contributed by atoms with Crippen LogP contribution in [-0.2, 0) is 15.1 Å². The van der Waals surface area contributed by atoms with Gasteiger partial charge in [-0.3, -0.25) is 9.19 Å². The molecule has 9 nitrogen and oxygen atoms in total. The number of nitrogens with one attached hydrogen (secondary N) is 2. The lowest BCUT2D eigenvalue weighted by Crippen LogP contribution is -2.35. The maximum absolute atomic E-state index is 14.0. The maximum Gasteiger partial charge on any atom is 0.413 e. The third-order valence-electron chi connectivity index (χ3n) is 7.82. The number of hydrogen-bond acceptors (Lipinski definition) is 9. The largest absolute Gasteiger partial charge is 0.413 e. The molecule has 1 aliphatic rings. The van der Waals surface area contributed by atoms with Gasteiger partial charge in [-0.1, -0.05) is 38.1 Å². The van der Waals surface area contributed by atoms with E-state index >= 15 is 0 Å². The Morgan fingerprint density at radius 1 is 1.22 bits per heavy atom. The van der Waals surface area contributed by atoms with E-state index < -0.39 is 27.3 Å². The standard InChI is InChI=1S/C31H31F3N8OS2/c1-29(2,3)16-37-25-18(13-35)14-36-27-21(25)11-19(12-24(27)45(4,5)43)39-26(20-7-6-8-22-28(20)44-17-38-22)23-15-42(41-40-23)30(9-10-30)31(32,33)34/h6-8,11-12,14-15,17,26,39H,4,9-10,16H2,1-3,5H3,(H,36,37)/t26-,45?/m0/s1. The van der Waals surface area contributed by atoms with E-state index in [1.54, 1.807) is 17.6 Å². The number of halogens is 3. The third kappa shape index (κ3) is 5.70. The van der Waals surface area contributed by atoms with Gasteiger partial charge in [-0.2, -0.15) is 18.4 Å². The summed E-state index contributed by atoms with van der Waals surface area (Å²) in [6.07, 6.45) is -0.291. The van der Waals surface area contributed by atoms with Gasteiger partial charge in [0.25, 0.3) is 0 Å². The summed E-state index contributed by atoms with van der Waals surface area (Å²) in [5.74, 6) is 3.91. The number of pyridine rings is 1. The molecule has 0 bridgehead atoms. The molecule has 1 aliphatic carbocycles. The van der Waals surface area contributed by atoms with Crippen molar-refractivity contribution in [1.82, 2.24) is 25.0 Å². The second kappa shape index (κ2) is 10.7. The third-order valence-corrected chi connectivity index (χ3v) is 9.96. The summed E-state index contributed by atoms with van der Waals surface area (Å²) < 4.78 is 57.2. The van der Waals surface area contributed by atoms with Crippen molar-refractivity contribution in [3.8, 4) is 6.07 Å². The van der Waals surface area contributed by atoms with Crippen LogP contribution in [0.1, 0.15) is 56.5 Å². The predicted octanol–water partition coefficient (Wildman–Crippen LogP) is 6.72. The Morgan fingerprint density at radius 2 is 1.98 bits per heavy atom. The van der Waals surface area contributed by atoms with Gasteiger partial charge in [0.2, 0.25) is 0 Å². The van der Waals surface area contributed by atoms with Gasteiger partial charge in [0, 0.05) is 30.1 Å². The van der Waals surface area contributed by atoms with Crippen molar-refractivity contribution in [3.05, 3.63) is 65.1 Å². The van der Waals surface area contributed by atoms with E-state index in [4.69, 9.17) is 0 Å². The average molecular weight is 653 g/mol. The Kier molecular flexibility index (Phi) is 7.32.